The van der Waals surface area contributed by atoms with Crippen molar-refractivity contribution >= 4 is 11.7 Å². The molecule has 0 bridgehead atoms. The normalized spacial score (nSPS) is 10.8. The van der Waals surface area contributed by atoms with Gasteiger partial charge in [0.05, 0.1) is 5.56 Å². The number of carbonyl (C=O) groups is 1. The van der Waals surface area contributed by atoms with E-state index < -0.39 is 5.97 Å². The van der Waals surface area contributed by atoms with Gasteiger partial charge < -0.3 is 15.7 Å². The number of nitrogen functional groups attached to an aromatic ring is 1. The predicted molar refractivity (Wildman–Crippen MR) is 84.3 cm³/mol. The first kappa shape index (κ1) is 15.1. The minimum absolute atomic E-state index is 0.212. The highest BCUT2D eigenvalue weighted by molar-refractivity contribution is 5.95. The molecule has 2 aromatic carbocycles. The summed E-state index contributed by atoms with van der Waals surface area (Å²) in [4.78, 5) is 13.4. The summed E-state index contributed by atoms with van der Waals surface area (Å²) in [5.74, 6) is -0.973. The maximum absolute atomic E-state index is 11.3. The number of anilines is 1. The van der Waals surface area contributed by atoms with Crippen LogP contribution >= 0.6 is 0 Å². The van der Waals surface area contributed by atoms with Gasteiger partial charge in [-0.15, -0.1) is 0 Å². The number of aromatic carboxylic acids is 1. The molecule has 0 aliphatic heterocycles. The second-order valence-corrected chi connectivity index (χ2v) is 5.16. The van der Waals surface area contributed by atoms with E-state index in [1.807, 2.05) is 31.3 Å². The van der Waals surface area contributed by atoms with Crippen LogP contribution in [0.3, 0.4) is 0 Å². The molecular weight excluding hydrogens is 264 g/mol. The van der Waals surface area contributed by atoms with Crippen molar-refractivity contribution in [3.8, 4) is 0 Å². The Morgan fingerprint density at radius 1 is 1.14 bits per heavy atom. The molecule has 0 atom stereocenters. The molecule has 0 amide bonds. The number of benzene rings is 2. The second-order valence-electron chi connectivity index (χ2n) is 5.16. The van der Waals surface area contributed by atoms with E-state index in [1.54, 1.807) is 12.1 Å². The van der Waals surface area contributed by atoms with Crippen LogP contribution < -0.4 is 5.73 Å². The van der Waals surface area contributed by atoms with E-state index in [2.05, 4.69) is 17.0 Å². The number of nitrogens with zero attached hydrogens (tertiary/aromatic N) is 1. The summed E-state index contributed by atoms with van der Waals surface area (Å²) in [6, 6.07) is 15.5. The van der Waals surface area contributed by atoms with E-state index in [0.717, 1.165) is 18.5 Å². The van der Waals surface area contributed by atoms with E-state index in [1.165, 1.54) is 5.56 Å². The molecule has 0 aliphatic carbocycles. The van der Waals surface area contributed by atoms with Crippen molar-refractivity contribution in [2.45, 2.75) is 13.0 Å². The summed E-state index contributed by atoms with van der Waals surface area (Å²) in [5, 5.41) is 9.27. The molecule has 3 N–H and O–H groups in total. The Labute approximate surface area is 124 Å². The molecule has 0 saturated heterocycles. The van der Waals surface area contributed by atoms with Crippen LogP contribution in [0.15, 0.2) is 48.5 Å². The van der Waals surface area contributed by atoms with Gasteiger partial charge in [0.2, 0.25) is 0 Å². The molecule has 4 heteroatoms. The Hall–Kier alpha value is -2.33. The summed E-state index contributed by atoms with van der Waals surface area (Å²) < 4.78 is 0. The Kier molecular flexibility index (Phi) is 4.95. The SMILES string of the molecule is CN(CCc1ccccc1)Cc1cccc(N)c1C(=O)O. The molecule has 0 aromatic heterocycles. The van der Waals surface area contributed by atoms with E-state index >= 15 is 0 Å². The standard InChI is InChI=1S/C17H20N2O2/c1-19(11-10-13-6-3-2-4-7-13)12-14-8-5-9-15(18)16(14)17(20)21/h2-9H,10-12,18H2,1H3,(H,20,21). The van der Waals surface area contributed by atoms with Gasteiger partial charge in [-0.2, -0.15) is 0 Å². The Balaban J connectivity index is 2.01. The fourth-order valence-corrected chi connectivity index (χ4v) is 2.35. The molecule has 110 valence electrons. The van der Waals surface area contributed by atoms with Crippen LogP contribution in [0.25, 0.3) is 0 Å². The smallest absolute Gasteiger partial charge is 0.338 e. The van der Waals surface area contributed by atoms with Gasteiger partial charge in [-0.05, 0) is 30.7 Å². The molecule has 0 heterocycles. The van der Waals surface area contributed by atoms with Crippen molar-refractivity contribution in [1.82, 2.24) is 4.90 Å². The predicted octanol–water partition coefficient (Wildman–Crippen LogP) is 2.64. The van der Waals surface area contributed by atoms with Gasteiger partial charge >= 0.3 is 5.97 Å². The van der Waals surface area contributed by atoms with Gasteiger partial charge in [-0.3, -0.25) is 0 Å². The quantitative estimate of drug-likeness (QED) is 0.800. The second kappa shape index (κ2) is 6.90. The lowest BCUT2D eigenvalue weighted by atomic mass is 10.0. The largest absolute Gasteiger partial charge is 0.478 e. The van der Waals surface area contributed by atoms with Crippen molar-refractivity contribution in [3.05, 3.63) is 65.2 Å². The van der Waals surface area contributed by atoms with Crippen LogP contribution in [0.1, 0.15) is 21.5 Å². The lowest BCUT2D eigenvalue weighted by molar-refractivity contribution is 0.0696. The highest BCUT2D eigenvalue weighted by Crippen LogP contribution is 2.18. The van der Waals surface area contributed by atoms with Crippen LogP contribution in [0.2, 0.25) is 0 Å². The first-order valence-electron chi connectivity index (χ1n) is 6.91. The molecule has 0 fully saturated rings. The van der Waals surface area contributed by atoms with E-state index in [0.29, 0.717) is 12.2 Å². The summed E-state index contributed by atoms with van der Waals surface area (Å²) in [6.07, 6.45) is 0.933. The lowest BCUT2D eigenvalue weighted by Gasteiger charge is -2.18. The molecule has 4 nitrogen and oxygen atoms in total. The zero-order chi connectivity index (χ0) is 15.2. The monoisotopic (exact) mass is 284 g/mol. The van der Waals surface area contributed by atoms with Crippen molar-refractivity contribution in [2.75, 3.05) is 19.3 Å². The molecule has 0 saturated carbocycles. The fourth-order valence-electron chi connectivity index (χ4n) is 2.35. The van der Waals surface area contributed by atoms with E-state index in [-0.39, 0.29) is 5.56 Å². The van der Waals surface area contributed by atoms with Gasteiger partial charge in [0.15, 0.2) is 0 Å². The third-order valence-corrected chi connectivity index (χ3v) is 3.46. The van der Waals surface area contributed by atoms with E-state index in [4.69, 9.17) is 5.73 Å². The maximum Gasteiger partial charge on any atom is 0.338 e. The van der Waals surface area contributed by atoms with Crippen LogP contribution in [-0.2, 0) is 13.0 Å². The van der Waals surface area contributed by atoms with Gasteiger partial charge in [0, 0.05) is 18.8 Å². The topological polar surface area (TPSA) is 66.6 Å². The molecular formula is C17H20N2O2. The number of hydrogen-bond acceptors (Lipinski definition) is 3. The van der Waals surface area contributed by atoms with Gasteiger partial charge in [-0.25, -0.2) is 4.79 Å². The number of likely N-dealkylation sites (N-methyl/N-ethyl adjacent to an activating group) is 1. The summed E-state index contributed by atoms with van der Waals surface area (Å²) >= 11 is 0. The van der Waals surface area contributed by atoms with Crippen LogP contribution in [0.4, 0.5) is 5.69 Å². The van der Waals surface area contributed by atoms with Crippen molar-refractivity contribution in [2.24, 2.45) is 0 Å². The number of hydrogen-bond donors (Lipinski definition) is 2. The van der Waals surface area contributed by atoms with Crippen LogP contribution in [-0.4, -0.2) is 29.6 Å². The minimum atomic E-state index is -0.973. The molecule has 21 heavy (non-hydrogen) atoms. The summed E-state index contributed by atoms with van der Waals surface area (Å²) in [5.41, 5.74) is 8.31. The Morgan fingerprint density at radius 3 is 2.52 bits per heavy atom. The zero-order valence-electron chi connectivity index (χ0n) is 12.1. The van der Waals surface area contributed by atoms with Gasteiger partial charge in [0.1, 0.15) is 0 Å². The van der Waals surface area contributed by atoms with Crippen molar-refractivity contribution in [1.29, 1.82) is 0 Å². The molecule has 2 rings (SSSR count). The third-order valence-electron chi connectivity index (χ3n) is 3.46. The lowest BCUT2D eigenvalue weighted by Crippen LogP contribution is -2.22. The number of carboxylic acid groups (broad SMARTS) is 1. The van der Waals surface area contributed by atoms with Gasteiger partial charge in [-0.1, -0.05) is 42.5 Å². The van der Waals surface area contributed by atoms with Crippen molar-refractivity contribution in [3.63, 3.8) is 0 Å². The Bertz CT molecular complexity index is 611. The molecule has 0 spiro atoms. The molecule has 2 aromatic rings. The first-order chi connectivity index (χ1) is 10.1. The fraction of sp³-hybridized carbons (Fsp3) is 0.235. The van der Waals surface area contributed by atoms with Crippen molar-refractivity contribution < 1.29 is 9.90 Å². The van der Waals surface area contributed by atoms with E-state index in [9.17, 15) is 9.90 Å². The first-order valence-corrected chi connectivity index (χ1v) is 6.91. The average molecular weight is 284 g/mol. The van der Waals surface area contributed by atoms with Crippen LogP contribution in [0.5, 0.6) is 0 Å². The average Bonchev–Trinajstić information content (AvgIpc) is 2.46. The zero-order valence-corrected chi connectivity index (χ0v) is 12.1. The van der Waals surface area contributed by atoms with Crippen LogP contribution in [0, 0.1) is 0 Å². The molecule has 0 aliphatic rings. The number of carboxylic acids is 1. The Morgan fingerprint density at radius 2 is 1.86 bits per heavy atom. The van der Waals surface area contributed by atoms with Gasteiger partial charge in [0.25, 0.3) is 0 Å². The molecule has 0 unspecified atom stereocenters. The summed E-state index contributed by atoms with van der Waals surface area (Å²) in [7, 11) is 1.98. The molecule has 0 radical (unpaired) electrons. The minimum Gasteiger partial charge on any atom is -0.478 e. The number of rotatable bonds is 6. The highest BCUT2D eigenvalue weighted by Gasteiger charge is 2.14. The summed E-state index contributed by atoms with van der Waals surface area (Å²) in [6.45, 7) is 1.43. The number of nitrogens with two attached hydrogens (primary N) is 1. The maximum atomic E-state index is 11.3. The highest BCUT2D eigenvalue weighted by atomic mass is 16.4. The third kappa shape index (κ3) is 4.07.